The number of anilines is 1. The van der Waals surface area contributed by atoms with Gasteiger partial charge in [0.15, 0.2) is 0 Å². The van der Waals surface area contributed by atoms with Gasteiger partial charge in [-0.3, -0.25) is 9.78 Å². The van der Waals surface area contributed by atoms with Gasteiger partial charge in [0.05, 0.1) is 23.9 Å². The molecule has 0 aliphatic carbocycles. The summed E-state index contributed by atoms with van der Waals surface area (Å²) in [6.07, 6.45) is 1.54. The van der Waals surface area contributed by atoms with Crippen LogP contribution in [0.25, 0.3) is 0 Å². The van der Waals surface area contributed by atoms with Gasteiger partial charge in [0.2, 0.25) is 0 Å². The average molecular weight is 257 g/mol. The van der Waals surface area contributed by atoms with Crippen LogP contribution in [0.4, 0.5) is 5.69 Å². The van der Waals surface area contributed by atoms with Gasteiger partial charge in [0.25, 0.3) is 5.91 Å². The predicted octanol–water partition coefficient (Wildman–Crippen LogP) is 1.71. The van der Waals surface area contributed by atoms with Gasteiger partial charge in [-0.1, -0.05) is 24.0 Å². The lowest BCUT2D eigenvalue weighted by Gasteiger charge is -2.05. The molecule has 1 aromatic heterocycles. The van der Waals surface area contributed by atoms with E-state index in [9.17, 15) is 4.79 Å². The van der Waals surface area contributed by atoms with Crippen molar-refractivity contribution in [2.24, 2.45) is 5.73 Å². The number of carbonyl (C=O) groups is 1. The summed E-state index contributed by atoms with van der Waals surface area (Å²) in [5.41, 5.74) is 8.39. The summed E-state index contributed by atoms with van der Waals surface area (Å²) >= 11 is 1.29. The van der Waals surface area contributed by atoms with Crippen LogP contribution < -0.4 is 11.1 Å². The van der Waals surface area contributed by atoms with Crippen LogP contribution in [0.1, 0.15) is 15.2 Å². The van der Waals surface area contributed by atoms with E-state index < -0.39 is 0 Å². The highest BCUT2D eigenvalue weighted by molar-refractivity contribution is 7.11. The molecule has 1 aromatic carbocycles. The lowest BCUT2D eigenvalue weighted by molar-refractivity contribution is 0.103. The lowest BCUT2D eigenvalue weighted by Crippen LogP contribution is -2.11. The van der Waals surface area contributed by atoms with Gasteiger partial charge in [-0.2, -0.15) is 0 Å². The number of nitrogens with zero attached hydrogens (tertiary/aromatic N) is 1. The molecule has 90 valence electrons. The molecule has 0 saturated carbocycles. The van der Waals surface area contributed by atoms with E-state index >= 15 is 0 Å². The number of nitrogens with one attached hydrogen (secondary N) is 1. The summed E-state index contributed by atoms with van der Waals surface area (Å²) in [7, 11) is 0. The molecule has 4 nitrogen and oxygen atoms in total. The Balaban J connectivity index is 2.21. The number of amides is 1. The summed E-state index contributed by atoms with van der Waals surface area (Å²) in [5, 5.41) is 2.81. The van der Waals surface area contributed by atoms with Gasteiger partial charge in [0.1, 0.15) is 4.88 Å². The number of rotatable bonds is 2. The van der Waals surface area contributed by atoms with E-state index in [4.69, 9.17) is 5.73 Å². The second-order valence-corrected chi connectivity index (χ2v) is 4.26. The van der Waals surface area contributed by atoms with Crippen LogP contribution in [0.3, 0.4) is 0 Å². The van der Waals surface area contributed by atoms with E-state index in [-0.39, 0.29) is 12.5 Å². The number of aromatic nitrogens is 1. The van der Waals surface area contributed by atoms with Crippen molar-refractivity contribution in [3.05, 3.63) is 46.4 Å². The molecule has 0 fully saturated rings. The molecule has 1 amide bonds. The van der Waals surface area contributed by atoms with Crippen molar-refractivity contribution in [2.45, 2.75) is 0 Å². The van der Waals surface area contributed by atoms with Crippen molar-refractivity contribution in [2.75, 3.05) is 11.9 Å². The molecule has 5 heteroatoms. The van der Waals surface area contributed by atoms with Crippen LogP contribution in [0.2, 0.25) is 0 Å². The molecule has 2 aromatic rings. The van der Waals surface area contributed by atoms with Gasteiger partial charge < -0.3 is 11.1 Å². The number of hydrogen-bond acceptors (Lipinski definition) is 4. The molecule has 2 rings (SSSR count). The minimum Gasteiger partial charge on any atom is -0.320 e. The minimum atomic E-state index is -0.181. The van der Waals surface area contributed by atoms with Crippen molar-refractivity contribution < 1.29 is 4.79 Å². The van der Waals surface area contributed by atoms with Gasteiger partial charge >= 0.3 is 0 Å². The number of thiazole rings is 1. The molecule has 0 saturated heterocycles. The molecule has 1 heterocycles. The summed E-state index contributed by atoms with van der Waals surface area (Å²) in [6.45, 7) is 0.289. The zero-order valence-electron chi connectivity index (χ0n) is 9.51. The Morgan fingerprint density at radius 3 is 3.00 bits per heavy atom. The first kappa shape index (κ1) is 12.3. The molecule has 3 N–H and O–H groups in total. The molecule has 0 aliphatic rings. The normalized spacial score (nSPS) is 9.39. The number of para-hydroxylation sites is 1. The van der Waals surface area contributed by atoms with Crippen LogP contribution in [0.15, 0.2) is 36.0 Å². The fourth-order valence-corrected chi connectivity index (χ4v) is 1.87. The lowest BCUT2D eigenvalue weighted by atomic mass is 10.2. The van der Waals surface area contributed by atoms with Crippen molar-refractivity contribution in [3.63, 3.8) is 0 Å². The van der Waals surface area contributed by atoms with E-state index in [0.717, 1.165) is 5.56 Å². The maximum Gasteiger partial charge on any atom is 0.267 e. The summed E-state index contributed by atoms with van der Waals surface area (Å²) in [5.74, 6) is 5.51. The van der Waals surface area contributed by atoms with Crippen molar-refractivity contribution in [1.82, 2.24) is 4.98 Å². The second kappa shape index (κ2) is 5.96. The molecule has 0 spiro atoms. The fourth-order valence-electron chi connectivity index (χ4n) is 1.36. The Labute approximate surface area is 109 Å². The summed E-state index contributed by atoms with van der Waals surface area (Å²) < 4.78 is 0. The zero-order valence-corrected chi connectivity index (χ0v) is 10.3. The Bertz CT molecular complexity index is 596. The number of benzene rings is 1. The van der Waals surface area contributed by atoms with Crippen LogP contribution in [-0.2, 0) is 0 Å². The molecule has 0 atom stereocenters. The number of nitrogens with two attached hydrogens (primary N) is 1. The summed E-state index contributed by atoms with van der Waals surface area (Å²) in [6, 6.07) is 7.35. The monoisotopic (exact) mass is 257 g/mol. The van der Waals surface area contributed by atoms with E-state index in [1.165, 1.54) is 17.5 Å². The Morgan fingerprint density at radius 2 is 2.28 bits per heavy atom. The smallest absolute Gasteiger partial charge is 0.267 e. The van der Waals surface area contributed by atoms with Crippen molar-refractivity contribution in [1.29, 1.82) is 0 Å². The number of carbonyl (C=O) groups excluding carboxylic acids is 1. The number of hydrogen-bond donors (Lipinski definition) is 2. The molecular formula is C13H11N3OS. The van der Waals surface area contributed by atoms with Crippen LogP contribution >= 0.6 is 11.3 Å². The Hall–Kier alpha value is -2.16. The first-order valence-corrected chi connectivity index (χ1v) is 6.17. The standard InChI is InChI=1S/C13H11N3OS/c14-7-3-5-10-4-1-2-6-11(10)16-13(17)12-8-15-9-18-12/h1-2,4,6,8-9H,7,14H2,(H,16,17). The topological polar surface area (TPSA) is 68.0 Å². The highest BCUT2D eigenvalue weighted by atomic mass is 32.1. The largest absolute Gasteiger partial charge is 0.320 e. The maximum atomic E-state index is 11.9. The molecule has 0 aliphatic heterocycles. The minimum absolute atomic E-state index is 0.181. The third-order valence-corrected chi connectivity index (χ3v) is 2.93. The third-order valence-electron chi connectivity index (χ3n) is 2.16. The second-order valence-electron chi connectivity index (χ2n) is 3.37. The average Bonchev–Trinajstić information content (AvgIpc) is 2.91. The highest BCUT2D eigenvalue weighted by Gasteiger charge is 2.09. The molecule has 18 heavy (non-hydrogen) atoms. The van der Waals surface area contributed by atoms with Crippen LogP contribution in [0, 0.1) is 11.8 Å². The van der Waals surface area contributed by atoms with Gasteiger partial charge in [-0.15, -0.1) is 11.3 Å². The zero-order chi connectivity index (χ0) is 12.8. The SMILES string of the molecule is NCC#Cc1ccccc1NC(=O)c1cncs1. The molecular weight excluding hydrogens is 246 g/mol. The molecule has 0 radical (unpaired) electrons. The van der Waals surface area contributed by atoms with E-state index in [1.807, 2.05) is 18.2 Å². The predicted molar refractivity (Wildman–Crippen MR) is 72.4 cm³/mol. The van der Waals surface area contributed by atoms with Gasteiger partial charge in [-0.05, 0) is 12.1 Å². The Morgan fingerprint density at radius 1 is 1.44 bits per heavy atom. The van der Waals surface area contributed by atoms with Crippen molar-refractivity contribution >= 4 is 22.9 Å². The van der Waals surface area contributed by atoms with Crippen LogP contribution in [0.5, 0.6) is 0 Å². The molecule has 0 bridgehead atoms. The Kier molecular flexibility index (Phi) is 4.07. The first-order chi connectivity index (χ1) is 8.81. The van der Waals surface area contributed by atoms with Crippen molar-refractivity contribution in [3.8, 4) is 11.8 Å². The van der Waals surface area contributed by atoms with E-state index in [0.29, 0.717) is 10.6 Å². The van der Waals surface area contributed by atoms with Gasteiger partial charge in [0, 0.05) is 5.56 Å². The summed E-state index contributed by atoms with van der Waals surface area (Å²) in [4.78, 5) is 16.3. The van der Waals surface area contributed by atoms with Gasteiger partial charge in [-0.25, -0.2) is 0 Å². The highest BCUT2D eigenvalue weighted by Crippen LogP contribution is 2.16. The van der Waals surface area contributed by atoms with E-state index in [1.54, 1.807) is 11.6 Å². The third kappa shape index (κ3) is 2.94. The molecule has 0 unspecified atom stereocenters. The first-order valence-electron chi connectivity index (χ1n) is 5.29. The fraction of sp³-hybridized carbons (Fsp3) is 0.0769. The van der Waals surface area contributed by atoms with E-state index in [2.05, 4.69) is 22.1 Å². The quantitative estimate of drug-likeness (QED) is 0.805. The maximum absolute atomic E-state index is 11.9. The van der Waals surface area contributed by atoms with Crippen LogP contribution in [-0.4, -0.2) is 17.4 Å².